The molecule has 0 bridgehead atoms. The van der Waals surface area contributed by atoms with Crippen LogP contribution in [-0.2, 0) is 47.5 Å². The fourth-order valence-corrected chi connectivity index (χ4v) is 9.26. The Kier molecular flexibility index (Phi) is 20.3. The van der Waals surface area contributed by atoms with E-state index in [4.69, 9.17) is 49.2 Å². The first-order chi connectivity index (χ1) is 28.5. The molecule has 5 N–H and O–H groups in total. The predicted molar refractivity (Wildman–Crippen MR) is 225 cm³/mol. The Morgan fingerprint density at radius 2 is 1.62 bits per heavy atom. The van der Waals surface area contributed by atoms with Crippen LogP contribution in [0.4, 0.5) is 0 Å². The molecule has 0 aromatic heterocycles. The minimum Gasteiger partial charge on any atom is -0.459 e. The number of ether oxygens (including phenoxy) is 8. The maximum atomic E-state index is 14.4. The van der Waals surface area contributed by atoms with Crippen molar-refractivity contribution in [3.8, 4) is 12.3 Å². The minimum absolute atomic E-state index is 0.0501. The highest BCUT2D eigenvalue weighted by Gasteiger charge is 2.53. The highest BCUT2D eigenvalue weighted by molar-refractivity contribution is 5.88. The summed E-state index contributed by atoms with van der Waals surface area (Å²) in [4.78, 5) is 22.0. The molecule has 61 heavy (non-hydrogen) atoms. The summed E-state index contributed by atoms with van der Waals surface area (Å²) in [6, 6.07) is -0.404. The van der Waals surface area contributed by atoms with Gasteiger partial charge in [0.15, 0.2) is 12.6 Å². The normalized spacial score (nSPS) is 44.0. The summed E-state index contributed by atoms with van der Waals surface area (Å²) < 4.78 is 48.4. The number of oxime groups is 1. The van der Waals surface area contributed by atoms with E-state index < -0.39 is 108 Å². The Morgan fingerprint density at radius 1 is 0.951 bits per heavy atom. The van der Waals surface area contributed by atoms with E-state index in [9.17, 15) is 30.3 Å². The molecule has 3 aliphatic rings. The lowest BCUT2D eigenvalue weighted by Gasteiger charge is -2.49. The van der Waals surface area contributed by atoms with Crippen LogP contribution >= 0.6 is 0 Å². The summed E-state index contributed by atoms with van der Waals surface area (Å²) in [5.41, 5.74) is -4.56. The molecule has 2 unspecified atom stereocenters. The average molecular weight is 875 g/mol. The monoisotopic (exact) mass is 875 g/mol. The third-order valence-corrected chi connectivity index (χ3v) is 13.1. The number of hydrogen-bond acceptors (Lipinski definition) is 17. The number of hydrogen-bond donors (Lipinski definition) is 5. The number of likely N-dealkylation sites (N-methyl/N-ethyl adjacent to an activating group) is 1. The van der Waals surface area contributed by atoms with Crippen LogP contribution in [0.3, 0.4) is 0 Å². The lowest BCUT2D eigenvalue weighted by atomic mass is 9.73. The van der Waals surface area contributed by atoms with Crippen molar-refractivity contribution in [1.29, 1.82) is 0 Å². The maximum Gasteiger partial charge on any atom is 0.311 e. The number of rotatable bonds is 15. The standard InChI is InChI=1S/C44H78N2O15/c1-15-17-18-46(12)31-21-26(4)57-41(35(31)47)61-39-28(6)36(60-33-23-43(10,54-14)38(49)30(8)58-33)29(7)40(50)59-32(16-2)44(11,52)37(48)27(5)34(25(3)22-42(39,9)51)45-56-24-55-20-19-53-13/h1,25-33,35-39,41,47-49,51-52H,16-24H2,2-14H3/b45-34+/t25-,26-,27+,28+,29-,30+,31+,32-,33?,35-,36+,37-,38+,39-,41?,42-,43-,44-/m1/s1. The summed E-state index contributed by atoms with van der Waals surface area (Å²) in [5, 5.41) is 64.0. The van der Waals surface area contributed by atoms with E-state index in [1.807, 2.05) is 18.9 Å². The summed E-state index contributed by atoms with van der Waals surface area (Å²) >= 11 is 0. The Hall–Kier alpha value is -2.02. The Morgan fingerprint density at radius 3 is 2.23 bits per heavy atom. The van der Waals surface area contributed by atoms with Gasteiger partial charge in [-0.25, -0.2) is 0 Å². The van der Waals surface area contributed by atoms with Crippen LogP contribution in [0.15, 0.2) is 5.16 Å². The Balaban J connectivity index is 2.23. The number of esters is 1. The lowest BCUT2D eigenvalue weighted by Crippen LogP contribution is -2.61. The number of nitrogens with zero attached hydrogens (tertiary/aromatic N) is 2. The van der Waals surface area contributed by atoms with E-state index in [2.05, 4.69) is 11.1 Å². The summed E-state index contributed by atoms with van der Waals surface area (Å²) in [6.45, 7) is 17.7. The van der Waals surface area contributed by atoms with E-state index in [-0.39, 0.29) is 44.5 Å². The van der Waals surface area contributed by atoms with Gasteiger partial charge < -0.3 is 68.3 Å². The molecule has 17 heteroatoms. The first-order valence-electron chi connectivity index (χ1n) is 21.8. The molecule has 0 aromatic rings. The zero-order chi connectivity index (χ0) is 46.0. The fraction of sp³-hybridized carbons (Fsp3) is 0.909. The quantitative estimate of drug-likeness (QED) is 0.0526. The van der Waals surface area contributed by atoms with Gasteiger partial charge in [0, 0.05) is 57.4 Å². The van der Waals surface area contributed by atoms with Crippen molar-refractivity contribution >= 4 is 11.7 Å². The molecule has 17 nitrogen and oxygen atoms in total. The molecular weight excluding hydrogens is 796 g/mol. The highest BCUT2D eigenvalue weighted by Crippen LogP contribution is 2.41. The number of cyclic esters (lactones) is 1. The summed E-state index contributed by atoms with van der Waals surface area (Å²) in [7, 11) is 4.90. The molecule has 354 valence electrons. The first-order valence-corrected chi connectivity index (χ1v) is 21.8. The van der Waals surface area contributed by atoms with Gasteiger partial charge in [-0.3, -0.25) is 9.69 Å². The number of aliphatic hydroxyl groups excluding tert-OH is 3. The molecule has 3 heterocycles. The number of aliphatic hydroxyl groups is 5. The van der Waals surface area contributed by atoms with Gasteiger partial charge in [0.1, 0.15) is 23.9 Å². The van der Waals surface area contributed by atoms with Crippen LogP contribution < -0.4 is 0 Å². The second-order valence-corrected chi connectivity index (χ2v) is 18.2. The molecule has 3 aliphatic heterocycles. The van der Waals surface area contributed by atoms with Crippen molar-refractivity contribution in [1.82, 2.24) is 4.90 Å². The molecule has 0 saturated carbocycles. The molecule has 3 rings (SSSR count). The SMILES string of the molecule is C#CCCN(C)[C@H]1C[C@@H](C)OC(O[C@@H]2[C@@H](C)[C@H](OC3C[C@@](C)(OC)[C@@H](O)[C@H](C)O3)[C@@H](C)C(=O)O[C@H](CC)[C@@](C)(O)[C@H](O)[C@@H](C)/C(=N/OCOCCOC)[C@H](C)C[C@@]2(C)O)[C@@H]1O. The van der Waals surface area contributed by atoms with Gasteiger partial charge in [0.05, 0.1) is 66.6 Å². The zero-order valence-corrected chi connectivity index (χ0v) is 38.8. The maximum absolute atomic E-state index is 14.4. The van der Waals surface area contributed by atoms with Gasteiger partial charge in [0.25, 0.3) is 0 Å². The van der Waals surface area contributed by atoms with Crippen LogP contribution in [0.2, 0.25) is 0 Å². The molecular formula is C44H78N2O15. The van der Waals surface area contributed by atoms with Gasteiger partial charge in [-0.05, 0) is 67.9 Å². The van der Waals surface area contributed by atoms with E-state index in [1.54, 1.807) is 62.5 Å². The van der Waals surface area contributed by atoms with Gasteiger partial charge in [-0.1, -0.05) is 32.9 Å². The third-order valence-electron chi connectivity index (χ3n) is 13.1. The fourth-order valence-electron chi connectivity index (χ4n) is 9.26. The van der Waals surface area contributed by atoms with E-state index in [0.717, 1.165) is 0 Å². The van der Waals surface area contributed by atoms with E-state index in [1.165, 1.54) is 14.0 Å². The summed E-state index contributed by atoms with van der Waals surface area (Å²) in [5.74, 6) is -1.59. The molecule has 0 aromatic carbocycles. The topological polar surface area (TPSA) is 217 Å². The molecule has 3 fully saturated rings. The number of carbonyl (C=O) groups excluding carboxylic acids is 1. The minimum atomic E-state index is -1.98. The van der Waals surface area contributed by atoms with Crippen LogP contribution in [-0.4, -0.2) is 174 Å². The second-order valence-electron chi connectivity index (χ2n) is 18.2. The number of terminal acetylenes is 1. The number of carbonyl (C=O) groups is 1. The van der Waals surface area contributed by atoms with E-state index >= 15 is 0 Å². The van der Waals surface area contributed by atoms with Gasteiger partial charge in [-0.15, -0.1) is 12.3 Å². The largest absolute Gasteiger partial charge is 0.459 e. The van der Waals surface area contributed by atoms with Crippen molar-refractivity contribution in [3.05, 3.63) is 0 Å². The highest BCUT2D eigenvalue weighted by atomic mass is 16.7. The molecule has 0 radical (unpaired) electrons. The molecule has 18 atom stereocenters. The third kappa shape index (κ3) is 13.3. The van der Waals surface area contributed by atoms with Gasteiger partial charge >= 0.3 is 5.97 Å². The molecule has 0 spiro atoms. The van der Waals surface area contributed by atoms with Crippen LogP contribution in [0, 0.1) is 36.0 Å². The molecule has 0 aliphatic carbocycles. The van der Waals surface area contributed by atoms with Crippen LogP contribution in [0.5, 0.6) is 0 Å². The predicted octanol–water partition coefficient (Wildman–Crippen LogP) is 2.60. The van der Waals surface area contributed by atoms with Crippen LogP contribution in [0.25, 0.3) is 0 Å². The lowest BCUT2D eigenvalue weighted by molar-refractivity contribution is -0.318. The summed E-state index contributed by atoms with van der Waals surface area (Å²) in [6.07, 6.45) is -3.84. The van der Waals surface area contributed by atoms with Crippen molar-refractivity contribution < 1.29 is 73.1 Å². The van der Waals surface area contributed by atoms with Gasteiger partial charge in [-0.2, -0.15) is 0 Å². The number of methoxy groups -OCH3 is 2. The Labute approximate surface area is 363 Å². The van der Waals surface area contributed by atoms with Gasteiger partial charge in [0.2, 0.25) is 6.79 Å². The van der Waals surface area contributed by atoms with E-state index in [0.29, 0.717) is 26.0 Å². The van der Waals surface area contributed by atoms with Crippen molar-refractivity contribution in [2.45, 2.75) is 186 Å². The van der Waals surface area contributed by atoms with Crippen molar-refractivity contribution in [3.63, 3.8) is 0 Å². The average Bonchev–Trinajstić information content (AvgIpc) is 3.20. The second kappa shape index (κ2) is 23.3. The molecule has 3 saturated heterocycles. The smallest absolute Gasteiger partial charge is 0.311 e. The first kappa shape index (κ1) is 53.3. The Bertz CT molecular complexity index is 1430. The van der Waals surface area contributed by atoms with Crippen molar-refractivity contribution in [2.75, 3.05) is 47.8 Å². The zero-order valence-electron chi connectivity index (χ0n) is 38.8. The van der Waals surface area contributed by atoms with Crippen molar-refractivity contribution in [2.24, 2.45) is 28.8 Å². The van der Waals surface area contributed by atoms with Crippen LogP contribution in [0.1, 0.15) is 101 Å². The molecule has 0 amide bonds.